The van der Waals surface area contributed by atoms with Crippen molar-refractivity contribution in [2.45, 2.75) is 13.3 Å². The second kappa shape index (κ2) is 6.04. The number of carbonyl (C=O) groups excluding carboxylic acids is 2. The Kier molecular flexibility index (Phi) is 4.91. The zero-order valence-electron chi connectivity index (χ0n) is 10.7. The van der Waals surface area contributed by atoms with Crippen molar-refractivity contribution in [3.05, 3.63) is 29.8 Å². The first-order chi connectivity index (χ1) is 8.51. The second-order valence-corrected chi connectivity index (χ2v) is 4.89. The number of halogens is 1. The van der Waals surface area contributed by atoms with Gasteiger partial charge in [-0.15, -0.1) is 12.4 Å². The third-order valence-corrected chi connectivity index (χ3v) is 3.32. The highest BCUT2D eigenvalue weighted by molar-refractivity contribution is 5.98. The molecule has 1 fully saturated rings. The molecule has 6 heteroatoms. The van der Waals surface area contributed by atoms with E-state index in [4.69, 9.17) is 5.73 Å². The van der Waals surface area contributed by atoms with Crippen LogP contribution in [0.15, 0.2) is 24.3 Å². The van der Waals surface area contributed by atoms with Gasteiger partial charge in [-0.25, -0.2) is 0 Å². The van der Waals surface area contributed by atoms with Crippen LogP contribution in [0.3, 0.4) is 0 Å². The van der Waals surface area contributed by atoms with Crippen LogP contribution in [-0.2, 0) is 4.79 Å². The summed E-state index contributed by atoms with van der Waals surface area (Å²) in [5.41, 5.74) is 5.81. The van der Waals surface area contributed by atoms with Gasteiger partial charge in [0.25, 0.3) is 0 Å². The van der Waals surface area contributed by atoms with Crippen molar-refractivity contribution in [3.8, 4) is 0 Å². The number of hydrogen-bond donors (Lipinski definition) is 3. The largest absolute Gasteiger partial charge is 0.366 e. The summed E-state index contributed by atoms with van der Waals surface area (Å²) in [6, 6.07) is 6.66. The van der Waals surface area contributed by atoms with Gasteiger partial charge >= 0.3 is 0 Å². The summed E-state index contributed by atoms with van der Waals surface area (Å²) in [6.07, 6.45) is 0.814. The van der Waals surface area contributed by atoms with Gasteiger partial charge in [0.1, 0.15) is 0 Å². The van der Waals surface area contributed by atoms with Gasteiger partial charge in [0.2, 0.25) is 11.8 Å². The molecule has 1 unspecified atom stereocenters. The zero-order chi connectivity index (χ0) is 13.2. The van der Waals surface area contributed by atoms with Crippen LogP contribution in [0, 0.1) is 5.41 Å². The molecule has 0 radical (unpaired) electrons. The predicted octanol–water partition coefficient (Wildman–Crippen LogP) is 1.15. The number of rotatable bonds is 3. The summed E-state index contributed by atoms with van der Waals surface area (Å²) in [7, 11) is 0. The van der Waals surface area contributed by atoms with E-state index in [1.165, 1.54) is 0 Å². The molecule has 1 aliphatic rings. The first-order valence-electron chi connectivity index (χ1n) is 5.93. The Balaban J connectivity index is 0.00000180. The monoisotopic (exact) mass is 283 g/mol. The molecule has 2 amide bonds. The van der Waals surface area contributed by atoms with Crippen molar-refractivity contribution in [3.63, 3.8) is 0 Å². The molecule has 0 aliphatic carbocycles. The Morgan fingerprint density at radius 1 is 1.42 bits per heavy atom. The molecule has 0 spiro atoms. The lowest BCUT2D eigenvalue weighted by molar-refractivity contribution is -0.123. The zero-order valence-corrected chi connectivity index (χ0v) is 11.5. The summed E-state index contributed by atoms with van der Waals surface area (Å²) in [4.78, 5) is 23.2. The maximum absolute atomic E-state index is 12.2. The highest BCUT2D eigenvalue weighted by Gasteiger charge is 2.36. The topological polar surface area (TPSA) is 84.2 Å². The van der Waals surface area contributed by atoms with Crippen LogP contribution < -0.4 is 16.4 Å². The number of amides is 2. The van der Waals surface area contributed by atoms with Crippen molar-refractivity contribution in [2.75, 3.05) is 18.4 Å². The van der Waals surface area contributed by atoms with E-state index in [9.17, 15) is 9.59 Å². The highest BCUT2D eigenvalue weighted by atomic mass is 35.5. The van der Waals surface area contributed by atoms with Gasteiger partial charge in [0.05, 0.1) is 5.41 Å². The summed E-state index contributed by atoms with van der Waals surface area (Å²) < 4.78 is 0. The van der Waals surface area contributed by atoms with Crippen molar-refractivity contribution < 1.29 is 9.59 Å². The van der Waals surface area contributed by atoms with Crippen molar-refractivity contribution in [1.82, 2.24) is 5.32 Å². The Labute approximate surface area is 118 Å². The maximum atomic E-state index is 12.2. The van der Waals surface area contributed by atoms with Gasteiger partial charge in [0, 0.05) is 17.8 Å². The molecule has 19 heavy (non-hydrogen) atoms. The molecule has 1 aromatic rings. The summed E-state index contributed by atoms with van der Waals surface area (Å²) in [5.74, 6) is -0.533. The van der Waals surface area contributed by atoms with E-state index in [0.717, 1.165) is 13.0 Å². The van der Waals surface area contributed by atoms with Crippen LogP contribution in [0.1, 0.15) is 23.7 Å². The molecule has 0 bridgehead atoms. The molecule has 104 valence electrons. The molecular formula is C13H18ClN3O2. The minimum atomic E-state index is -0.500. The van der Waals surface area contributed by atoms with E-state index in [1.54, 1.807) is 24.3 Å². The van der Waals surface area contributed by atoms with Crippen LogP contribution in [0.5, 0.6) is 0 Å². The van der Waals surface area contributed by atoms with E-state index >= 15 is 0 Å². The van der Waals surface area contributed by atoms with Crippen LogP contribution in [0.4, 0.5) is 5.69 Å². The normalized spacial score (nSPS) is 21.5. The van der Waals surface area contributed by atoms with Crippen molar-refractivity contribution >= 4 is 29.9 Å². The lowest BCUT2D eigenvalue weighted by Gasteiger charge is -2.21. The molecule has 2 rings (SSSR count). The first-order valence-corrected chi connectivity index (χ1v) is 5.93. The van der Waals surface area contributed by atoms with Crippen LogP contribution in [-0.4, -0.2) is 24.9 Å². The average molecular weight is 284 g/mol. The fourth-order valence-electron chi connectivity index (χ4n) is 2.04. The molecule has 4 N–H and O–H groups in total. The number of nitrogens with one attached hydrogen (secondary N) is 2. The number of nitrogens with two attached hydrogens (primary N) is 1. The second-order valence-electron chi connectivity index (χ2n) is 4.89. The van der Waals surface area contributed by atoms with Crippen molar-refractivity contribution in [2.24, 2.45) is 11.1 Å². The predicted molar refractivity (Wildman–Crippen MR) is 76.4 cm³/mol. The molecule has 0 aromatic heterocycles. The number of hydrogen-bond acceptors (Lipinski definition) is 3. The van der Waals surface area contributed by atoms with Gasteiger partial charge in [-0.05, 0) is 38.1 Å². The van der Waals surface area contributed by atoms with Crippen LogP contribution >= 0.6 is 12.4 Å². The van der Waals surface area contributed by atoms with Gasteiger partial charge in [0.15, 0.2) is 0 Å². The summed E-state index contributed by atoms with van der Waals surface area (Å²) >= 11 is 0. The molecule has 1 aromatic carbocycles. The fraction of sp³-hybridized carbons (Fsp3) is 0.385. The number of primary amides is 1. The number of anilines is 1. The average Bonchev–Trinajstić information content (AvgIpc) is 2.78. The number of benzene rings is 1. The fourth-order valence-corrected chi connectivity index (χ4v) is 2.04. The van der Waals surface area contributed by atoms with Crippen LogP contribution in [0.2, 0.25) is 0 Å². The number of carbonyl (C=O) groups is 2. The molecule has 5 nitrogen and oxygen atoms in total. The van der Waals surface area contributed by atoms with Gasteiger partial charge in [-0.3, -0.25) is 9.59 Å². The van der Waals surface area contributed by atoms with E-state index in [2.05, 4.69) is 10.6 Å². The Hall–Kier alpha value is -1.59. The third-order valence-electron chi connectivity index (χ3n) is 3.32. The van der Waals surface area contributed by atoms with Crippen molar-refractivity contribution in [1.29, 1.82) is 0 Å². The van der Waals surface area contributed by atoms with Gasteiger partial charge < -0.3 is 16.4 Å². The minimum Gasteiger partial charge on any atom is -0.366 e. The van der Waals surface area contributed by atoms with E-state index in [1.807, 2.05) is 6.92 Å². The lowest BCUT2D eigenvalue weighted by Crippen LogP contribution is -2.35. The van der Waals surface area contributed by atoms with E-state index in [0.29, 0.717) is 17.8 Å². The quantitative estimate of drug-likeness (QED) is 0.778. The molecular weight excluding hydrogens is 266 g/mol. The van der Waals surface area contributed by atoms with Gasteiger partial charge in [-0.1, -0.05) is 6.07 Å². The molecule has 0 saturated carbocycles. The minimum absolute atomic E-state index is 0. The summed E-state index contributed by atoms with van der Waals surface area (Å²) in [6.45, 7) is 3.46. The molecule has 1 saturated heterocycles. The maximum Gasteiger partial charge on any atom is 0.248 e. The van der Waals surface area contributed by atoms with E-state index in [-0.39, 0.29) is 23.7 Å². The molecule has 1 heterocycles. The Bertz CT molecular complexity index is 485. The highest BCUT2D eigenvalue weighted by Crippen LogP contribution is 2.26. The first kappa shape index (κ1) is 15.5. The van der Waals surface area contributed by atoms with Crippen LogP contribution in [0.25, 0.3) is 0 Å². The Morgan fingerprint density at radius 3 is 2.74 bits per heavy atom. The Morgan fingerprint density at radius 2 is 2.16 bits per heavy atom. The van der Waals surface area contributed by atoms with E-state index < -0.39 is 5.91 Å². The SMILES string of the molecule is CC1(C(=O)Nc2cccc(C(N)=O)c2)CCNC1.Cl. The summed E-state index contributed by atoms with van der Waals surface area (Å²) in [5, 5.41) is 6.01. The molecule has 1 aliphatic heterocycles. The third kappa shape index (κ3) is 3.45. The lowest BCUT2D eigenvalue weighted by atomic mass is 9.88. The smallest absolute Gasteiger partial charge is 0.248 e. The molecule has 1 atom stereocenters. The standard InChI is InChI=1S/C13H17N3O2.ClH/c1-13(5-6-15-8-13)12(18)16-10-4-2-3-9(7-10)11(14)17;/h2-4,7,15H,5-6,8H2,1H3,(H2,14,17)(H,16,18);1H. The van der Waals surface area contributed by atoms with Gasteiger partial charge in [-0.2, -0.15) is 0 Å².